The molecule has 21 heavy (non-hydrogen) atoms. The summed E-state index contributed by atoms with van der Waals surface area (Å²) in [4.78, 5) is 22.9. The Labute approximate surface area is 121 Å². The van der Waals surface area contributed by atoms with Crippen molar-refractivity contribution in [3.05, 3.63) is 33.6 Å². The summed E-state index contributed by atoms with van der Waals surface area (Å²) in [6, 6.07) is 1.58. The van der Waals surface area contributed by atoms with Gasteiger partial charge in [-0.2, -0.15) is 0 Å². The van der Waals surface area contributed by atoms with Crippen LogP contribution in [0.25, 0.3) is 0 Å². The van der Waals surface area contributed by atoms with E-state index in [9.17, 15) is 19.3 Å². The van der Waals surface area contributed by atoms with Crippen LogP contribution in [0.15, 0.2) is 12.1 Å². The van der Waals surface area contributed by atoms with Crippen molar-refractivity contribution >= 4 is 17.3 Å². The first-order chi connectivity index (χ1) is 9.90. The summed E-state index contributed by atoms with van der Waals surface area (Å²) in [6.07, 6.45) is 0. The largest absolute Gasteiger partial charge is 0.477 e. The third kappa shape index (κ3) is 4.38. The van der Waals surface area contributed by atoms with Gasteiger partial charge in [-0.3, -0.25) is 10.1 Å². The highest BCUT2D eigenvalue weighted by Crippen LogP contribution is 2.26. The average molecular weight is 299 g/mol. The van der Waals surface area contributed by atoms with Crippen molar-refractivity contribution in [1.29, 1.82) is 0 Å². The van der Waals surface area contributed by atoms with Gasteiger partial charge >= 0.3 is 5.97 Å². The Kier molecular flexibility index (Phi) is 6.04. The minimum Gasteiger partial charge on any atom is -0.477 e. The van der Waals surface area contributed by atoms with E-state index in [0.29, 0.717) is 19.2 Å². The highest BCUT2D eigenvalue weighted by molar-refractivity contribution is 5.93. The highest BCUT2D eigenvalue weighted by atomic mass is 19.1. The van der Waals surface area contributed by atoms with Gasteiger partial charge in [-0.05, 0) is 19.2 Å². The molecule has 0 amide bonds. The zero-order valence-corrected chi connectivity index (χ0v) is 11.9. The van der Waals surface area contributed by atoms with Crippen LogP contribution in [-0.2, 0) is 0 Å². The maximum Gasteiger partial charge on any atom is 0.342 e. The van der Waals surface area contributed by atoms with Crippen LogP contribution in [0.4, 0.5) is 15.8 Å². The van der Waals surface area contributed by atoms with Crippen LogP contribution < -0.4 is 5.32 Å². The minimum atomic E-state index is -1.46. The zero-order chi connectivity index (χ0) is 16.0. The number of carbonyl (C=O) groups is 1. The molecule has 7 nitrogen and oxygen atoms in total. The number of halogens is 1. The molecule has 0 bridgehead atoms. The molecular weight excluding hydrogens is 281 g/mol. The van der Waals surface area contributed by atoms with Crippen molar-refractivity contribution < 1.29 is 19.2 Å². The first-order valence-electron chi connectivity index (χ1n) is 6.58. The number of nitrogens with one attached hydrogen (secondary N) is 1. The molecule has 0 fully saturated rings. The number of nitro benzene ring substituents is 1. The van der Waals surface area contributed by atoms with Gasteiger partial charge in [0.1, 0.15) is 5.56 Å². The predicted molar refractivity (Wildman–Crippen MR) is 76.3 cm³/mol. The molecule has 8 heteroatoms. The lowest BCUT2D eigenvalue weighted by Gasteiger charge is -2.18. The predicted octanol–water partition coefficient (Wildman–Crippen LogP) is 2.19. The van der Waals surface area contributed by atoms with Gasteiger partial charge in [-0.15, -0.1) is 0 Å². The molecule has 116 valence electrons. The van der Waals surface area contributed by atoms with Crippen molar-refractivity contribution in [1.82, 2.24) is 4.90 Å². The van der Waals surface area contributed by atoms with Crippen LogP contribution in [-0.4, -0.2) is 47.1 Å². The third-order valence-electron chi connectivity index (χ3n) is 3.15. The molecule has 0 aliphatic rings. The first-order valence-corrected chi connectivity index (χ1v) is 6.58. The standard InChI is InChI=1S/C13H18FN3O4/c1-3-16(4-2)6-5-15-11-7-9(13(18)19)12(17(20)21)8-10(11)14/h7-8,15H,3-6H2,1-2H3,(H,18,19). The molecule has 0 radical (unpaired) electrons. The maximum atomic E-state index is 13.8. The summed E-state index contributed by atoms with van der Waals surface area (Å²) in [5.41, 5.74) is -1.34. The second-order valence-corrected chi connectivity index (χ2v) is 4.37. The second-order valence-electron chi connectivity index (χ2n) is 4.37. The van der Waals surface area contributed by atoms with Gasteiger partial charge < -0.3 is 15.3 Å². The lowest BCUT2D eigenvalue weighted by atomic mass is 10.1. The topological polar surface area (TPSA) is 95.7 Å². The van der Waals surface area contributed by atoms with Gasteiger partial charge in [-0.25, -0.2) is 9.18 Å². The van der Waals surface area contributed by atoms with Crippen molar-refractivity contribution in [2.75, 3.05) is 31.5 Å². The van der Waals surface area contributed by atoms with Crippen LogP contribution in [0.1, 0.15) is 24.2 Å². The summed E-state index contributed by atoms with van der Waals surface area (Å²) in [6.45, 7) is 6.76. The van der Waals surface area contributed by atoms with Gasteiger partial charge in [0, 0.05) is 13.1 Å². The normalized spacial score (nSPS) is 10.7. The summed E-state index contributed by atoms with van der Waals surface area (Å²) in [5.74, 6) is -2.31. The van der Waals surface area contributed by atoms with Gasteiger partial charge in [0.15, 0.2) is 5.82 Å². The lowest BCUT2D eigenvalue weighted by molar-refractivity contribution is -0.385. The monoisotopic (exact) mass is 299 g/mol. The molecule has 2 N–H and O–H groups in total. The number of nitrogens with zero attached hydrogens (tertiary/aromatic N) is 2. The van der Waals surface area contributed by atoms with Crippen molar-refractivity contribution in [3.8, 4) is 0 Å². The quantitative estimate of drug-likeness (QED) is 0.564. The highest BCUT2D eigenvalue weighted by Gasteiger charge is 2.23. The van der Waals surface area contributed by atoms with Crippen LogP contribution in [0.3, 0.4) is 0 Å². The Bertz CT molecular complexity index is 532. The Morgan fingerprint density at radius 3 is 2.52 bits per heavy atom. The summed E-state index contributed by atoms with van der Waals surface area (Å²) in [5, 5.41) is 22.4. The maximum absolute atomic E-state index is 13.8. The van der Waals surface area contributed by atoms with Gasteiger partial charge in [-0.1, -0.05) is 13.8 Å². The third-order valence-corrected chi connectivity index (χ3v) is 3.15. The van der Waals surface area contributed by atoms with Crippen LogP contribution in [0.5, 0.6) is 0 Å². The number of carboxylic acid groups (broad SMARTS) is 1. The fraction of sp³-hybridized carbons (Fsp3) is 0.462. The SMILES string of the molecule is CCN(CC)CCNc1cc(C(=O)O)c([N+](=O)[O-])cc1F. The van der Waals surface area contributed by atoms with E-state index in [2.05, 4.69) is 10.2 Å². The Morgan fingerprint density at radius 2 is 2.05 bits per heavy atom. The molecule has 0 heterocycles. The molecule has 0 saturated carbocycles. The molecular formula is C13H18FN3O4. The molecule has 0 unspecified atom stereocenters. The minimum absolute atomic E-state index is 0.0508. The van der Waals surface area contributed by atoms with E-state index in [1.807, 2.05) is 13.8 Å². The molecule has 0 atom stereocenters. The molecule has 1 aromatic carbocycles. The number of likely N-dealkylation sites (N-methyl/N-ethyl adjacent to an activating group) is 1. The van der Waals surface area contributed by atoms with Crippen molar-refractivity contribution in [2.45, 2.75) is 13.8 Å². The summed E-state index contributed by atoms with van der Waals surface area (Å²) < 4.78 is 13.8. The van der Waals surface area contributed by atoms with E-state index >= 15 is 0 Å². The first kappa shape index (κ1) is 16.8. The average Bonchev–Trinajstić information content (AvgIpc) is 2.44. The molecule has 0 spiro atoms. The summed E-state index contributed by atoms with van der Waals surface area (Å²) >= 11 is 0. The number of aromatic carboxylic acids is 1. The Balaban J connectivity index is 2.91. The van der Waals surface area contributed by atoms with E-state index in [-0.39, 0.29) is 5.69 Å². The van der Waals surface area contributed by atoms with E-state index in [1.54, 1.807) is 0 Å². The summed E-state index contributed by atoms with van der Waals surface area (Å²) in [7, 11) is 0. The van der Waals surface area contributed by atoms with Crippen molar-refractivity contribution in [3.63, 3.8) is 0 Å². The van der Waals surface area contributed by atoms with Crippen LogP contribution in [0.2, 0.25) is 0 Å². The molecule has 0 saturated heterocycles. The number of anilines is 1. The Hall–Kier alpha value is -2.22. The zero-order valence-electron chi connectivity index (χ0n) is 11.9. The fourth-order valence-electron chi connectivity index (χ4n) is 1.91. The van der Waals surface area contributed by atoms with Crippen LogP contribution >= 0.6 is 0 Å². The molecule has 1 aromatic rings. The number of hydrogen-bond acceptors (Lipinski definition) is 5. The molecule has 0 aliphatic heterocycles. The lowest BCUT2D eigenvalue weighted by Crippen LogP contribution is -2.28. The molecule has 0 aliphatic carbocycles. The molecule has 1 rings (SSSR count). The van der Waals surface area contributed by atoms with Gasteiger partial charge in [0.2, 0.25) is 0 Å². The van der Waals surface area contributed by atoms with E-state index in [4.69, 9.17) is 5.11 Å². The number of benzene rings is 1. The smallest absolute Gasteiger partial charge is 0.342 e. The van der Waals surface area contributed by atoms with E-state index in [0.717, 1.165) is 19.2 Å². The van der Waals surface area contributed by atoms with Crippen molar-refractivity contribution in [2.24, 2.45) is 0 Å². The Morgan fingerprint density at radius 1 is 1.43 bits per heavy atom. The van der Waals surface area contributed by atoms with Crippen LogP contribution in [0, 0.1) is 15.9 Å². The molecule has 0 aromatic heterocycles. The van der Waals surface area contributed by atoms with Gasteiger partial charge in [0.05, 0.1) is 16.7 Å². The second kappa shape index (κ2) is 7.53. The number of hydrogen-bond donors (Lipinski definition) is 2. The number of rotatable bonds is 8. The van der Waals surface area contributed by atoms with E-state index in [1.165, 1.54) is 0 Å². The van der Waals surface area contributed by atoms with E-state index < -0.39 is 28.0 Å². The number of carboxylic acids is 1. The number of nitro groups is 1. The fourth-order valence-corrected chi connectivity index (χ4v) is 1.91. The van der Waals surface area contributed by atoms with Gasteiger partial charge in [0.25, 0.3) is 5.69 Å².